The number of H-pyrrole nitrogens is 1. The molecule has 5 aromatic rings. The zero-order valence-corrected chi connectivity index (χ0v) is 23.3. The van der Waals surface area contributed by atoms with Crippen LogP contribution in [0.3, 0.4) is 0 Å². The van der Waals surface area contributed by atoms with E-state index in [1.807, 2.05) is 53.1 Å². The van der Waals surface area contributed by atoms with Gasteiger partial charge >= 0.3 is 11.7 Å². The minimum Gasteiger partial charge on any atom is -0.469 e. The number of unbranched alkanes of at least 4 members (excludes halogenated alkanes) is 2. The van der Waals surface area contributed by atoms with Crippen LogP contribution in [0.1, 0.15) is 44.0 Å². The number of carbonyl (C=O) groups excluding carboxylic acids is 1. The van der Waals surface area contributed by atoms with E-state index in [2.05, 4.69) is 27.5 Å². The molecule has 0 bridgehead atoms. The molecule has 0 aliphatic rings. The number of nitrogens with zero attached hydrogens (tertiary/aromatic N) is 7. The van der Waals surface area contributed by atoms with Crippen molar-refractivity contribution in [1.82, 2.24) is 39.3 Å². The van der Waals surface area contributed by atoms with Gasteiger partial charge < -0.3 is 9.30 Å². The Labute approximate surface area is 235 Å². The second-order valence-electron chi connectivity index (χ2n) is 9.86. The van der Waals surface area contributed by atoms with Gasteiger partial charge in [0.15, 0.2) is 17.0 Å². The van der Waals surface area contributed by atoms with Crippen LogP contribution in [0.5, 0.6) is 0 Å². The average molecular weight is 557 g/mol. The van der Waals surface area contributed by atoms with Crippen molar-refractivity contribution in [2.75, 3.05) is 7.11 Å². The number of fused-ring (bicyclic) bond motifs is 1. The Morgan fingerprint density at radius 2 is 1.76 bits per heavy atom. The lowest BCUT2D eigenvalue weighted by molar-refractivity contribution is -0.140. The Balaban J connectivity index is 1.55. The lowest BCUT2D eigenvalue weighted by atomic mass is 9.98. The zero-order valence-electron chi connectivity index (χ0n) is 23.3. The highest BCUT2D eigenvalue weighted by Gasteiger charge is 2.21. The summed E-state index contributed by atoms with van der Waals surface area (Å²) < 4.78 is 9.09. The zero-order chi connectivity index (χ0) is 28.9. The maximum atomic E-state index is 13.7. The van der Waals surface area contributed by atoms with Crippen molar-refractivity contribution in [1.29, 1.82) is 0 Å². The number of aromatic nitrogens is 8. The fraction of sp³-hybridized carbons (Fsp3) is 0.345. The Hall–Kier alpha value is -4.87. The number of imidazole rings is 1. The number of esters is 1. The van der Waals surface area contributed by atoms with E-state index in [1.54, 1.807) is 7.05 Å². The fourth-order valence-electron chi connectivity index (χ4n) is 5.00. The Kier molecular flexibility index (Phi) is 8.18. The second kappa shape index (κ2) is 12.1. The third kappa shape index (κ3) is 5.58. The van der Waals surface area contributed by atoms with Gasteiger partial charge in [0.1, 0.15) is 5.82 Å². The predicted molar refractivity (Wildman–Crippen MR) is 153 cm³/mol. The van der Waals surface area contributed by atoms with Crippen LogP contribution in [0.4, 0.5) is 0 Å². The number of nitrogens with one attached hydrogen (secondary N) is 1. The molecule has 12 nitrogen and oxygen atoms in total. The number of rotatable bonds is 11. The first-order valence-corrected chi connectivity index (χ1v) is 13.6. The van der Waals surface area contributed by atoms with E-state index in [9.17, 15) is 14.4 Å². The predicted octanol–water partition coefficient (Wildman–Crippen LogP) is 3.09. The molecule has 2 aromatic carbocycles. The molecule has 3 heterocycles. The first-order chi connectivity index (χ1) is 19.9. The smallest absolute Gasteiger partial charge is 0.332 e. The number of aryl methyl sites for hydroxylation is 2. The molecule has 0 aliphatic carbocycles. The van der Waals surface area contributed by atoms with Gasteiger partial charge in [-0.2, -0.15) is 0 Å². The van der Waals surface area contributed by atoms with Crippen molar-refractivity contribution in [2.24, 2.45) is 7.05 Å². The minimum absolute atomic E-state index is 0.0702. The molecule has 0 saturated carbocycles. The van der Waals surface area contributed by atoms with Crippen LogP contribution in [-0.2, 0) is 36.1 Å². The van der Waals surface area contributed by atoms with E-state index in [0.29, 0.717) is 30.0 Å². The van der Waals surface area contributed by atoms with Crippen molar-refractivity contribution >= 4 is 17.1 Å². The topological polar surface area (TPSA) is 143 Å². The summed E-state index contributed by atoms with van der Waals surface area (Å²) in [7, 11) is 2.88. The largest absolute Gasteiger partial charge is 0.469 e. The number of ether oxygens (including phenoxy) is 1. The minimum atomic E-state index is -0.513. The van der Waals surface area contributed by atoms with Crippen molar-refractivity contribution < 1.29 is 9.53 Å². The van der Waals surface area contributed by atoms with Crippen LogP contribution < -0.4 is 11.2 Å². The molecule has 0 radical (unpaired) electrons. The third-order valence-corrected chi connectivity index (χ3v) is 7.22. The summed E-state index contributed by atoms with van der Waals surface area (Å²) >= 11 is 0. The Bertz CT molecular complexity index is 1780. The monoisotopic (exact) mass is 556 g/mol. The van der Waals surface area contributed by atoms with Crippen molar-refractivity contribution in [2.45, 2.75) is 52.1 Å². The number of hydrogen-bond donors (Lipinski definition) is 1. The lowest BCUT2D eigenvalue weighted by Crippen LogP contribution is -2.40. The maximum absolute atomic E-state index is 13.7. The van der Waals surface area contributed by atoms with Crippen LogP contribution in [0.25, 0.3) is 33.7 Å². The molecule has 0 unspecified atom stereocenters. The molecule has 0 aliphatic heterocycles. The molecular weight excluding hydrogens is 524 g/mol. The molecule has 0 atom stereocenters. The molecule has 0 saturated heterocycles. The van der Waals surface area contributed by atoms with E-state index >= 15 is 0 Å². The molecular formula is C29H32N8O4. The summed E-state index contributed by atoms with van der Waals surface area (Å²) in [5, 5.41) is 14.3. The highest BCUT2D eigenvalue weighted by atomic mass is 16.5. The molecule has 0 amide bonds. The van der Waals surface area contributed by atoms with Gasteiger partial charge in [-0.3, -0.25) is 18.7 Å². The number of tetrazole rings is 1. The van der Waals surface area contributed by atoms with Crippen LogP contribution in [-0.4, -0.2) is 52.4 Å². The standard InChI is InChI=1S/C29H32N8O4/c1-4-5-6-11-23-30-27-25(28(39)36(29(40)35(27)2)17-16-24(38)41-3)37(23)18-19-12-14-20(15-13-19)21-9-7-8-10-22(21)26-31-33-34-32-26/h7-10,12-15H,4-6,11,16-18H2,1-3H3,(H,31,32,33,34). The van der Waals surface area contributed by atoms with Gasteiger partial charge in [0.2, 0.25) is 0 Å². The molecule has 1 N–H and O–H groups in total. The van der Waals surface area contributed by atoms with Crippen molar-refractivity contribution in [3.8, 4) is 22.5 Å². The summed E-state index contributed by atoms with van der Waals surface area (Å²) in [5.41, 5.74) is 3.54. The summed E-state index contributed by atoms with van der Waals surface area (Å²) in [4.78, 5) is 43.2. The maximum Gasteiger partial charge on any atom is 0.332 e. The van der Waals surface area contributed by atoms with E-state index in [-0.39, 0.29) is 13.0 Å². The summed E-state index contributed by atoms with van der Waals surface area (Å²) in [6.45, 7) is 2.46. The van der Waals surface area contributed by atoms with E-state index < -0.39 is 17.2 Å². The van der Waals surface area contributed by atoms with Gasteiger partial charge in [0.25, 0.3) is 5.56 Å². The van der Waals surface area contributed by atoms with Gasteiger partial charge in [0.05, 0.1) is 13.5 Å². The first-order valence-electron chi connectivity index (χ1n) is 13.6. The van der Waals surface area contributed by atoms with Gasteiger partial charge in [-0.25, -0.2) is 14.9 Å². The number of benzene rings is 2. The summed E-state index contributed by atoms with van der Waals surface area (Å²) in [6.07, 6.45) is 3.58. The van der Waals surface area contributed by atoms with E-state index in [4.69, 9.17) is 9.72 Å². The molecule has 3 aromatic heterocycles. The molecule has 212 valence electrons. The van der Waals surface area contributed by atoms with Gasteiger partial charge in [-0.05, 0) is 33.5 Å². The van der Waals surface area contributed by atoms with Gasteiger partial charge in [-0.1, -0.05) is 68.3 Å². The van der Waals surface area contributed by atoms with Gasteiger partial charge in [-0.15, -0.1) is 5.10 Å². The number of hydrogen-bond acceptors (Lipinski definition) is 8. The van der Waals surface area contributed by atoms with Crippen LogP contribution in [0.2, 0.25) is 0 Å². The SMILES string of the molecule is CCCCCc1nc2c(c(=O)n(CCC(=O)OC)c(=O)n2C)n1Cc1ccc(-c2ccccc2-c2nnn[nH]2)cc1. The normalized spacial score (nSPS) is 11.3. The Morgan fingerprint density at radius 1 is 1.00 bits per heavy atom. The van der Waals surface area contributed by atoms with Gasteiger partial charge in [0, 0.05) is 32.1 Å². The number of methoxy groups -OCH3 is 1. The average Bonchev–Trinajstić information content (AvgIpc) is 3.65. The highest BCUT2D eigenvalue weighted by molar-refractivity contribution is 5.80. The Morgan fingerprint density at radius 3 is 2.44 bits per heavy atom. The number of aromatic amines is 1. The van der Waals surface area contributed by atoms with E-state index in [0.717, 1.165) is 51.9 Å². The molecule has 5 rings (SSSR count). The highest BCUT2D eigenvalue weighted by Crippen LogP contribution is 2.30. The molecule has 41 heavy (non-hydrogen) atoms. The van der Waals surface area contributed by atoms with Crippen LogP contribution in [0, 0.1) is 0 Å². The van der Waals surface area contributed by atoms with E-state index in [1.165, 1.54) is 11.7 Å². The lowest BCUT2D eigenvalue weighted by Gasteiger charge is -2.12. The molecule has 12 heteroatoms. The second-order valence-corrected chi connectivity index (χ2v) is 9.86. The van der Waals surface area contributed by atoms with Crippen molar-refractivity contribution in [3.05, 3.63) is 80.8 Å². The fourth-order valence-corrected chi connectivity index (χ4v) is 5.00. The van der Waals surface area contributed by atoms with Crippen LogP contribution in [0.15, 0.2) is 58.1 Å². The quantitative estimate of drug-likeness (QED) is 0.193. The third-order valence-electron chi connectivity index (χ3n) is 7.22. The molecule has 0 fully saturated rings. The number of carbonyl (C=O) groups is 1. The molecule has 0 spiro atoms. The summed E-state index contributed by atoms with van der Waals surface area (Å²) in [6, 6.07) is 16.0. The van der Waals surface area contributed by atoms with Crippen molar-refractivity contribution in [3.63, 3.8) is 0 Å². The summed E-state index contributed by atoms with van der Waals surface area (Å²) in [5.74, 6) is 0.841. The van der Waals surface area contributed by atoms with Crippen LogP contribution >= 0.6 is 0 Å². The first kappa shape index (κ1) is 27.7.